The van der Waals surface area contributed by atoms with Crippen LogP contribution in [0.25, 0.3) is 22.4 Å². The van der Waals surface area contributed by atoms with Crippen molar-refractivity contribution < 1.29 is 9.59 Å². The van der Waals surface area contributed by atoms with Gasteiger partial charge in [-0.3, -0.25) is 9.59 Å². The van der Waals surface area contributed by atoms with Crippen molar-refractivity contribution in [1.29, 1.82) is 0 Å². The first-order valence-corrected chi connectivity index (χ1v) is 13.5. The Balaban J connectivity index is 1.27. The van der Waals surface area contributed by atoms with Gasteiger partial charge in [0.15, 0.2) is 0 Å². The molecule has 2 amide bonds. The summed E-state index contributed by atoms with van der Waals surface area (Å²) >= 11 is 0. The minimum absolute atomic E-state index is 0.0680. The number of benzene rings is 2. The van der Waals surface area contributed by atoms with E-state index in [2.05, 4.69) is 16.0 Å². The number of unbranched alkanes of at least 4 members (excludes halogenated alkanes) is 2. The van der Waals surface area contributed by atoms with E-state index in [1.165, 1.54) is 0 Å². The average Bonchev–Trinajstić information content (AvgIpc) is 3.47. The minimum atomic E-state index is -0.142. The van der Waals surface area contributed by atoms with E-state index >= 15 is 0 Å². The van der Waals surface area contributed by atoms with Crippen LogP contribution in [0.15, 0.2) is 48.5 Å². The Morgan fingerprint density at radius 2 is 1.81 bits per heavy atom. The molecule has 2 atom stereocenters. The Kier molecular flexibility index (Phi) is 8.32. The molecule has 1 aliphatic rings. The van der Waals surface area contributed by atoms with Crippen LogP contribution in [-0.2, 0) is 16.6 Å². The highest BCUT2D eigenvalue weighted by Gasteiger charge is 2.32. The number of carbonyl (C=O) groups excluding carboxylic acids is 2. The Labute approximate surface area is 220 Å². The molecule has 0 spiro atoms. The van der Waals surface area contributed by atoms with Gasteiger partial charge in [0.1, 0.15) is 5.82 Å². The number of amides is 2. The van der Waals surface area contributed by atoms with Gasteiger partial charge in [0.25, 0.3) is 0 Å². The van der Waals surface area contributed by atoms with Gasteiger partial charge >= 0.3 is 0 Å². The number of aryl methyl sites for hydroxylation is 1. The summed E-state index contributed by atoms with van der Waals surface area (Å²) in [6, 6.07) is 16.2. The predicted molar refractivity (Wildman–Crippen MR) is 150 cm³/mol. The van der Waals surface area contributed by atoms with Crippen molar-refractivity contribution in [3.05, 3.63) is 48.5 Å². The molecule has 37 heavy (non-hydrogen) atoms. The van der Waals surface area contributed by atoms with Gasteiger partial charge in [-0.15, -0.1) is 0 Å². The zero-order valence-corrected chi connectivity index (χ0v) is 22.7. The lowest BCUT2D eigenvalue weighted by molar-refractivity contribution is -0.123. The Bertz CT molecular complexity index is 1220. The molecule has 3 aromatic rings. The van der Waals surface area contributed by atoms with Crippen LogP contribution in [0.5, 0.6) is 0 Å². The predicted octanol–water partition coefficient (Wildman–Crippen LogP) is 5.18. The topological polar surface area (TPSA) is 93.2 Å². The third-order valence-corrected chi connectivity index (χ3v) is 7.50. The quantitative estimate of drug-likeness (QED) is 0.373. The summed E-state index contributed by atoms with van der Waals surface area (Å²) in [5.74, 6) is 1.04. The van der Waals surface area contributed by atoms with E-state index in [1.54, 1.807) is 4.90 Å². The SMILES string of the molecule is CN(C(=O)[C@@H]1CC[C@H](NC(=O)CCCCCC(C)(C)N)C1)c1ccc(-c2nc3ccccc3n2C)cc1. The molecule has 198 valence electrons. The van der Waals surface area contributed by atoms with Gasteiger partial charge in [-0.2, -0.15) is 0 Å². The van der Waals surface area contributed by atoms with Gasteiger partial charge in [-0.1, -0.05) is 25.0 Å². The van der Waals surface area contributed by atoms with Crippen LogP contribution in [0, 0.1) is 5.92 Å². The van der Waals surface area contributed by atoms with Crippen LogP contribution in [0.1, 0.15) is 65.2 Å². The first-order valence-electron chi connectivity index (χ1n) is 13.5. The van der Waals surface area contributed by atoms with Crippen LogP contribution in [-0.4, -0.2) is 40.0 Å². The molecule has 0 saturated heterocycles. The monoisotopic (exact) mass is 503 g/mol. The average molecular weight is 504 g/mol. The maximum Gasteiger partial charge on any atom is 0.229 e. The Morgan fingerprint density at radius 3 is 2.51 bits per heavy atom. The number of fused-ring (bicyclic) bond motifs is 1. The lowest BCUT2D eigenvalue weighted by Crippen LogP contribution is -2.35. The van der Waals surface area contributed by atoms with Crippen LogP contribution >= 0.6 is 0 Å². The molecule has 1 saturated carbocycles. The molecule has 0 radical (unpaired) electrons. The molecule has 0 aliphatic heterocycles. The molecule has 0 unspecified atom stereocenters. The molecule has 3 N–H and O–H groups in total. The molecular formula is C30H41N5O2. The van der Waals surface area contributed by atoms with Crippen molar-refractivity contribution in [2.45, 2.75) is 76.8 Å². The third-order valence-electron chi connectivity index (χ3n) is 7.50. The van der Waals surface area contributed by atoms with Crippen molar-refractivity contribution in [3.8, 4) is 11.4 Å². The zero-order valence-electron chi connectivity index (χ0n) is 22.7. The highest BCUT2D eigenvalue weighted by atomic mass is 16.2. The van der Waals surface area contributed by atoms with E-state index in [0.29, 0.717) is 12.8 Å². The van der Waals surface area contributed by atoms with Gasteiger partial charge in [0, 0.05) is 49.3 Å². The number of imidazole rings is 1. The fraction of sp³-hybridized carbons (Fsp3) is 0.500. The summed E-state index contributed by atoms with van der Waals surface area (Å²) < 4.78 is 2.09. The second kappa shape index (κ2) is 11.5. The number of nitrogens with one attached hydrogen (secondary N) is 1. The number of hydrogen-bond acceptors (Lipinski definition) is 4. The third kappa shape index (κ3) is 6.77. The van der Waals surface area contributed by atoms with Gasteiger partial charge in [0.05, 0.1) is 11.0 Å². The molecule has 1 aliphatic carbocycles. The molecule has 2 aromatic carbocycles. The molecule has 1 fully saturated rings. The molecular weight excluding hydrogens is 462 g/mol. The summed E-state index contributed by atoms with van der Waals surface area (Å²) in [4.78, 5) is 32.1. The maximum absolute atomic E-state index is 13.2. The summed E-state index contributed by atoms with van der Waals surface area (Å²) in [6.45, 7) is 4.07. The highest BCUT2D eigenvalue weighted by molar-refractivity contribution is 5.95. The summed E-state index contributed by atoms with van der Waals surface area (Å²) in [5.41, 5.74) is 9.81. The van der Waals surface area contributed by atoms with E-state index < -0.39 is 0 Å². The number of nitrogens with zero attached hydrogens (tertiary/aromatic N) is 3. The van der Waals surface area contributed by atoms with Crippen molar-refractivity contribution in [1.82, 2.24) is 14.9 Å². The van der Waals surface area contributed by atoms with Gasteiger partial charge < -0.3 is 20.5 Å². The van der Waals surface area contributed by atoms with Crippen LogP contribution in [0.3, 0.4) is 0 Å². The number of nitrogens with two attached hydrogens (primary N) is 1. The summed E-state index contributed by atoms with van der Waals surface area (Å²) in [5, 5.41) is 3.15. The molecule has 1 aromatic heterocycles. The molecule has 0 bridgehead atoms. The van der Waals surface area contributed by atoms with Crippen molar-refractivity contribution in [2.75, 3.05) is 11.9 Å². The second-order valence-electron chi connectivity index (χ2n) is 11.3. The van der Waals surface area contributed by atoms with E-state index in [9.17, 15) is 9.59 Å². The Morgan fingerprint density at radius 1 is 1.08 bits per heavy atom. The lowest BCUT2D eigenvalue weighted by atomic mass is 9.98. The lowest BCUT2D eigenvalue weighted by Gasteiger charge is -2.22. The number of carbonyl (C=O) groups is 2. The number of anilines is 1. The van der Waals surface area contributed by atoms with Crippen LogP contribution in [0.4, 0.5) is 5.69 Å². The van der Waals surface area contributed by atoms with Crippen molar-refractivity contribution in [2.24, 2.45) is 18.7 Å². The van der Waals surface area contributed by atoms with Crippen molar-refractivity contribution in [3.63, 3.8) is 0 Å². The van der Waals surface area contributed by atoms with E-state index in [0.717, 1.165) is 66.6 Å². The van der Waals surface area contributed by atoms with Gasteiger partial charge in [-0.05, 0) is 82.3 Å². The summed E-state index contributed by atoms with van der Waals surface area (Å²) in [7, 11) is 3.85. The first-order chi connectivity index (χ1) is 17.6. The number of para-hydroxylation sites is 2. The molecule has 1 heterocycles. The van der Waals surface area contributed by atoms with Gasteiger partial charge in [-0.25, -0.2) is 4.98 Å². The van der Waals surface area contributed by atoms with Gasteiger partial charge in [0.2, 0.25) is 11.8 Å². The normalized spacial score (nSPS) is 17.8. The van der Waals surface area contributed by atoms with Crippen molar-refractivity contribution >= 4 is 28.5 Å². The molecule has 7 nitrogen and oxygen atoms in total. The van der Waals surface area contributed by atoms with E-state index in [4.69, 9.17) is 10.7 Å². The smallest absolute Gasteiger partial charge is 0.229 e. The fourth-order valence-electron chi connectivity index (χ4n) is 5.32. The highest BCUT2D eigenvalue weighted by Crippen LogP contribution is 2.30. The zero-order chi connectivity index (χ0) is 26.6. The molecule has 4 rings (SSSR count). The Hall–Kier alpha value is -3.19. The first kappa shape index (κ1) is 26.9. The van der Waals surface area contributed by atoms with E-state index in [1.807, 2.05) is 70.4 Å². The van der Waals surface area contributed by atoms with Crippen LogP contribution < -0.4 is 16.0 Å². The molecule has 7 heteroatoms. The van der Waals surface area contributed by atoms with E-state index in [-0.39, 0.29) is 29.3 Å². The number of hydrogen-bond donors (Lipinski definition) is 2. The maximum atomic E-state index is 13.2. The standard InChI is InChI=1S/C30H41N5O2/c1-30(2,31)19-9-5-6-12-27(36)32-23-16-13-22(20-23)29(37)34(3)24-17-14-21(15-18-24)28-33-25-10-7-8-11-26(25)35(28)4/h7-8,10-11,14-15,17-18,22-23H,5-6,9,12-13,16,19-20,31H2,1-4H3,(H,32,36)/t22-,23+/m1/s1. The number of aromatic nitrogens is 2. The number of rotatable bonds is 10. The summed E-state index contributed by atoms with van der Waals surface area (Å²) in [6.07, 6.45) is 6.80. The minimum Gasteiger partial charge on any atom is -0.353 e. The fourth-order valence-corrected chi connectivity index (χ4v) is 5.32. The largest absolute Gasteiger partial charge is 0.353 e. The van der Waals surface area contributed by atoms with Crippen LogP contribution in [0.2, 0.25) is 0 Å². The second-order valence-corrected chi connectivity index (χ2v) is 11.3.